The Morgan fingerprint density at radius 2 is 1.63 bits per heavy atom. The third kappa shape index (κ3) is 3.97. The smallest absolute Gasteiger partial charge is 0.240 e. The van der Waals surface area contributed by atoms with E-state index in [1.165, 1.54) is 4.90 Å². The number of unbranched alkanes of at least 4 members (excludes halogenated alkanes) is 1. The summed E-state index contributed by atoms with van der Waals surface area (Å²) in [5.74, 6) is -1.54. The van der Waals surface area contributed by atoms with Crippen LogP contribution in [-0.2, 0) is 9.59 Å². The van der Waals surface area contributed by atoms with Crippen molar-refractivity contribution in [1.82, 2.24) is 4.90 Å². The lowest BCUT2D eigenvalue weighted by Gasteiger charge is -2.35. The van der Waals surface area contributed by atoms with Crippen molar-refractivity contribution in [3.05, 3.63) is 100 Å². The molecule has 3 aliphatic heterocycles. The van der Waals surface area contributed by atoms with Gasteiger partial charge in [-0.3, -0.25) is 14.4 Å². The minimum Gasteiger partial charge on any atom is -0.494 e. The van der Waals surface area contributed by atoms with Crippen LogP contribution in [0.4, 0.5) is 5.69 Å². The highest BCUT2D eigenvalue weighted by molar-refractivity contribution is 9.10. The van der Waals surface area contributed by atoms with Gasteiger partial charge in [-0.25, -0.2) is 4.90 Å². The largest absolute Gasteiger partial charge is 0.494 e. The van der Waals surface area contributed by atoms with Gasteiger partial charge in [-0.15, -0.1) is 0 Å². The highest BCUT2D eigenvalue weighted by Crippen LogP contribution is 2.53. The molecule has 2 amide bonds. The van der Waals surface area contributed by atoms with Crippen molar-refractivity contribution >= 4 is 45.3 Å². The van der Waals surface area contributed by atoms with Crippen molar-refractivity contribution in [3.63, 3.8) is 0 Å². The second kappa shape index (κ2) is 9.87. The second-order valence-electron chi connectivity index (χ2n) is 9.91. The Labute approximate surface area is 230 Å². The standard InChI is InChI=1S/C31H27BrN2O4/c1-2-3-18-38-23-14-12-22(13-15-23)34-30(36)25-26(31(34)37)28(29(35)20-8-10-21(32)11-9-20)33-17-16-19-6-4-5-7-24(19)27(25)33/h4-17,25-28H,2-3,18H2,1H3/t25-,26+,27-,28+/m0/s1. The lowest BCUT2D eigenvalue weighted by atomic mass is 9.83. The Morgan fingerprint density at radius 1 is 0.921 bits per heavy atom. The molecule has 2 fully saturated rings. The predicted molar refractivity (Wildman–Crippen MR) is 149 cm³/mol. The normalized spacial score (nSPS) is 23.3. The number of ketones is 1. The van der Waals surface area contributed by atoms with Gasteiger partial charge < -0.3 is 9.64 Å². The fourth-order valence-electron chi connectivity index (χ4n) is 5.92. The molecule has 7 heteroatoms. The summed E-state index contributed by atoms with van der Waals surface area (Å²) in [6.45, 7) is 2.72. The molecule has 4 atom stereocenters. The summed E-state index contributed by atoms with van der Waals surface area (Å²) in [6.07, 6.45) is 5.82. The number of amides is 2. The lowest BCUT2D eigenvalue weighted by Crippen LogP contribution is -2.44. The number of rotatable bonds is 7. The number of nitrogens with zero attached hydrogens (tertiary/aromatic N) is 2. The van der Waals surface area contributed by atoms with Gasteiger partial charge >= 0.3 is 0 Å². The van der Waals surface area contributed by atoms with E-state index in [4.69, 9.17) is 4.74 Å². The summed E-state index contributed by atoms with van der Waals surface area (Å²) in [5.41, 5.74) is 2.96. The second-order valence-corrected chi connectivity index (χ2v) is 10.8. The van der Waals surface area contributed by atoms with Gasteiger partial charge in [0.1, 0.15) is 11.8 Å². The van der Waals surface area contributed by atoms with E-state index in [-0.39, 0.29) is 17.6 Å². The number of carbonyl (C=O) groups excluding carboxylic acids is 3. The highest BCUT2D eigenvalue weighted by Gasteiger charge is 2.64. The van der Waals surface area contributed by atoms with Crippen LogP contribution in [0.25, 0.3) is 6.08 Å². The average Bonchev–Trinajstić information content (AvgIpc) is 3.41. The molecule has 0 N–H and O–H groups in total. The van der Waals surface area contributed by atoms with E-state index < -0.39 is 23.9 Å². The molecule has 38 heavy (non-hydrogen) atoms. The lowest BCUT2D eigenvalue weighted by molar-refractivity contribution is -0.123. The number of ether oxygens (including phenoxy) is 1. The van der Waals surface area contributed by atoms with Gasteiger partial charge in [0, 0.05) is 16.2 Å². The van der Waals surface area contributed by atoms with E-state index in [9.17, 15) is 14.4 Å². The van der Waals surface area contributed by atoms with Crippen molar-refractivity contribution in [3.8, 4) is 5.75 Å². The zero-order valence-corrected chi connectivity index (χ0v) is 22.5. The van der Waals surface area contributed by atoms with E-state index in [0.29, 0.717) is 23.6 Å². The first kappa shape index (κ1) is 24.6. The van der Waals surface area contributed by atoms with E-state index >= 15 is 0 Å². The number of imide groups is 1. The van der Waals surface area contributed by atoms with E-state index in [2.05, 4.69) is 22.9 Å². The zero-order chi connectivity index (χ0) is 26.4. The number of benzene rings is 3. The summed E-state index contributed by atoms with van der Waals surface area (Å²) >= 11 is 3.42. The number of fused-ring (bicyclic) bond motifs is 5. The first-order chi connectivity index (χ1) is 18.5. The first-order valence-corrected chi connectivity index (χ1v) is 13.7. The third-order valence-corrected chi connectivity index (χ3v) is 8.25. The first-order valence-electron chi connectivity index (χ1n) is 12.9. The zero-order valence-electron chi connectivity index (χ0n) is 20.9. The molecule has 0 bridgehead atoms. The number of hydrogen-bond donors (Lipinski definition) is 0. The number of anilines is 1. The summed E-state index contributed by atoms with van der Waals surface area (Å²) in [4.78, 5) is 45.2. The maximum absolute atomic E-state index is 14.0. The summed E-state index contributed by atoms with van der Waals surface area (Å²) in [6, 6.07) is 20.9. The van der Waals surface area contributed by atoms with Crippen LogP contribution in [0.1, 0.15) is 47.3 Å². The van der Waals surface area contributed by atoms with Crippen LogP contribution in [0.2, 0.25) is 0 Å². The molecule has 0 radical (unpaired) electrons. The van der Waals surface area contributed by atoms with Gasteiger partial charge in [-0.2, -0.15) is 0 Å². The van der Waals surface area contributed by atoms with Crippen LogP contribution < -0.4 is 9.64 Å². The molecule has 3 aromatic rings. The number of carbonyl (C=O) groups is 3. The van der Waals surface area contributed by atoms with Gasteiger partial charge in [0.2, 0.25) is 11.8 Å². The SMILES string of the molecule is CCCCOc1ccc(N2C(=O)[C@@H]3[C@H](C2=O)[C@@H]2c4ccccc4C=CN2[C@H]3C(=O)c2ccc(Br)cc2)cc1. The van der Waals surface area contributed by atoms with Gasteiger partial charge in [0.15, 0.2) is 5.78 Å². The van der Waals surface area contributed by atoms with Crippen LogP contribution in [0.15, 0.2) is 83.5 Å². The summed E-state index contributed by atoms with van der Waals surface area (Å²) < 4.78 is 6.62. The number of Topliss-reactive ketones (excluding diaryl/α,β-unsaturated/α-hetero) is 1. The molecule has 6 nitrogen and oxygen atoms in total. The summed E-state index contributed by atoms with van der Waals surface area (Å²) in [5, 5.41) is 0. The monoisotopic (exact) mass is 570 g/mol. The van der Waals surface area contributed by atoms with Crippen LogP contribution in [-0.4, -0.2) is 35.1 Å². The van der Waals surface area contributed by atoms with Crippen LogP contribution in [0.5, 0.6) is 5.75 Å². The fourth-order valence-corrected chi connectivity index (χ4v) is 6.19. The Bertz CT molecular complexity index is 1430. The maximum atomic E-state index is 14.0. The molecule has 192 valence electrons. The third-order valence-electron chi connectivity index (χ3n) is 7.72. The van der Waals surface area contributed by atoms with Gasteiger partial charge in [0.25, 0.3) is 0 Å². The molecule has 0 aromatic heterocycles. The molecular weight excluding hydrogens is 544 g/mol. The quantitative estimate of drug-likeness (QED) is 0.197. The van der Waals surface area contributed by atoms with Crippen molar-refractivity contribution in [2.75, 3.05) is 11.5 Å². The molecular formula is C31H27BrN2O4. The molecule has 6 rings (SSSR count). The van der Waals surface area contributed by atoms with Crippen LogP contribution >= 0.6 is 15.9 Å². The van der Waals surface area contributed by atoms with E-state index in [1.54, 1.807) is 36.4 Å². The van der Waals surface area contributed by atoms with Crippen LogP contribution in [0.3, 0.4) is 0 Å². The molecule has 0 spiro atoms. The number of halogens is 1. The fraction of sp³-hybridized carbons (Fsp3) is 0.258. The predicted octanol–water partition coefficient (Wildman–Crippen LogP) is 6.03. The molecule has 0 aliphatic carbocycles. The van der Waals surface area contributed by atoms with Crippen molar-refractivity contribution < 1.29 is 19.1 Å². The minimum absolute atomic E-state index is 0.165. The topological polar surface area (TPSA) is 66.9 Å². The van der Waals surface area contributed by atoms with Gasteiger partial charge in [-0.05, 0) is 60.0 Å². The van der Waals surface area contributed by atoms with Crippen molar-refractivity contribution in [2.24, 2.45) is 11.8 Å². The molecule has 3 aromatic carbocycles. The van der Waals surface area contributed by atoms with Gasteiger partial charge in [0.05, 0.1) is 30.2 Å². The molecule has 3 aliphatic rings. The Kier molecular flexibility index (Phi) is 6.40. The molecule has 2 saturated heterocycles. The average molecular weight is 571 g/mol. The molecule has 3 heterocycles. The van der Waals surface area contributed by atoms with E-state index in [1.807, 2.05) is 53.6 Å². The Balaban J connectivity index is 1.39. The van der Waals surface area contributed by atoms with Crippen molar-refractivity contribution in [2.45, 2.75) is 31.8 Å². The highest BCUT2D eigenvalue weighted by atomic mass is 79.9. The molecule has 0 unspecified atom stereocenters. The summed E-state index contributed by atoms with van der Waals surface area (Å²) in [7, 11) is 0. The maximum Gasteiger partial charge on any atom is 0.240 e. The Hall–Kier alpha value is -3.71. The number of hydrogen-bond acceptors (Lipinski definition) is 5. The van der Waals surface area contributed by atoms with Crippen molar-refractivity contribution in [1.29, 1.82) is 0 Å². The van der Waals surface area contributed by atoms with Gasteiger partial charge in [-0.1, -0.05) is 65.7 Å². The minimum atomic E-state index is -0.792. The molecule has 0 saturated carbocycles. The van der Waals surface area contributed by atoms with E-state index in [0.717, 1.165) is 28.4 Å². The van der Waals surface area contributed by atoms with Crippen LogP contribution in [0, 0.1) is 11.8 Å². The Morgan fingerprint density at radius 3 is 2.37 bits per heavy atom.